The zero-order valence-corrected chi connectivity index (χ0v) is 19.2. The number of amides is 1. The molecule has 10 heteroatoms. The number of hydrogen-bond acceptors (Lipinski definition) is 8. The smallest absolute Gasteiger partial charge is 0.250 e. The molecule has 4 aromatic rings. The molecular weight excluding hydrogens is 452 g/mol. The van der Waals surface area contributed by atoms with Crippen molar-refractivity contribution in [3.8, 4) is 22.8 Å². The Kier molecular flexibility index (Phi) is 7.86. The third-order valence-electron chi connectivity index (χ3n) is 4.44. The number of carbonyl (C=O) groups excluding carboxylic acids is 1. The number of carbonyl (C=O) groups is 1. The van der Waals surface area contributed by atoms with Crippen LogP contribution >= 0.6 is 11.8 Å². The van der Waals surface area contributed by atoms with E-state index in [0.717, 1.165) is 17.0 Å². The largest absolute Gasteiger partial charge is 0.494 e. The standard InChI is InChI=1S/C24H22N6O3S/c1-2-32-21-11-9-19(10-12-21)30-23(18-6-3-13-25-16-18)28-29-24(30)34-17-22(31)27-26-14-4-7-20-8-5-15-33-20/h3-16H,2,17H2,1H3,(H,27,31). The highest BCUT2D eigenvalue weighted by molar-refractivity contribution is 7.99. The first-order valence-corrected chi connectivity index (χ1v) is 11.5. The number of thioether (sulfide) groups is 1. The van der Waals surface area contributed by atoms with E-state index in [1.54, 1.807) is 36.9 Å². The van der Waals surface area contributed by atoms with Crippen molar-refractivity contribution in [2.24, 2.45) is 5.10 Å². The van der Waals surface area contributed by atoms with Crippen molar-refractivity contribution in [3.05, 3.63) is 79.0 Å². The van der Waals surface area contributed by atoms with Gasteiger partial charge in [-0.1, -0.05) is 11.8 Å². The van der Waals surface area contributed by atoms with Crippen LogP contribution in [0.3, 0.4) is 0 Å². The molecule has 172 valence electrons. The number of benzene rings is 1. The van der Waals surface area contributed by atoms with E-state index in [2.05, 4.69) is 25.7 Å². The second kappa shape index (κ2) is 11.6. The maximum atomic E-state index is 12.3. The number of hydrazone groups is 1. The Morgan fingerprint density at radius 1 is 1.21 bits per heavy atom. The van der Waals surface area contributed by atoms with Gasteiger partial charge in [-0.05, 0) is 67.6 Å². The van der Waals surface area contributed by atoms with E-state index in [0.29, 0.717) is 23.3 Å². The number of furan rings is 1. The van der Waals surface area contributed by atoms with Crippen LogP contribution < -0.4 is 10.2 Å². The number of rotatable bonds is 10. The van der Waals surface area contributed by atoms with Gasteiger partial charge in [-0.25, -0.2) is 5.43 Å². The lowest BCUT2D eigenvalue weighted by Gasteiger charge is -2.11. The Hall–Kier alpha value is -4.18. The molecule has 1 aromatic carbocycles. The number of hydrogen-bond donors (Lipinski definition) is 1. The quantitative estimate of drug-likeness (QED) is 0.208. The Labute approximate surface area is 200 Å². The second-order valence-corrected chi connectivity index (χ2v) is 7.73. The van der Waals surface area contributed by atoms with Gasteiger partial charge >= 0.3 is 0 Å². The highest BCUT2D eigenvalue weighted by Gasteiger charge is 2.17. The average molecular weight is 475 g/mol. The zero-order valence-electron chi connectivity index (χ0n) is 18.4. The van der Waals surface area contributed by atoms with Crippen molar-refractivity contribution in [1.29, 1.82) is 0 Å². The van der Waals surface area contributed by atoms with Crippen LogP contribution in [0.25, 0.3) is 23.2 Å². The summed E-state index contributed by atoms with van der Waals surface area (Å²) in [5.74, 6) is 1.95. The first-order chi connectivity index (χ1) is 16.7. The lowest BCUT2D eigenvalue weighted by molar-refractivity contribution is -0.118. The summed E-state index contributed by atoms with van der Waals surface area (Å²) in [6.07, 6.45) is 9.90. The van der Waals surface area contributed by atoms with E-state index in [4.69, 9.17) is 9.15 Å². The summed E-state index contributed by atoms with van der Waals surface area (Å²) in [6.45, 7) is 2.53. The second-order valence-electron chi connectivity index (χ2n) is 6.79. The van der Waals surface area contributed by atoms with Gasteiger partial charge in [0.25, 0.3) is 5.91 Å². The maximum absolute atomic E-state index is 12.3. The van der Waals surface area contributed by atoms with Gasteiger partial charge in [0.2, 0.25) is 0 Å². The van der Waals surface area contributed by atoms with Crippen molar-refractivity contribution >= 4 is 30.0 Å². The van der Waals surface area contributed by atoms with Gasteiger partial charge in [-0.3, -0.25) is 14.3 Å². The topological polar surface area (TPSA) is 107 Å². The number of nitrogens with zero attached hydrogens (tertiary/aromatic N) is 5. The number of ether oxygens (including phenoxy) is 1. The highest BCUT2D eigenvalue weighted by atomic mass is 32.2. The van der Waals surface area contributed by atoms with Crippen molar-refractivity contribution in [3.63, 3.8) is 0 Å². The summed E-state index contributed by atoms with van der Waals surface area (Å²) < 4.78 is 12.6. The molecule has 0 bridgehead atoms. The molecule has 0 aliphatic rings. The minimum Gasteiger partial charge on any atom is -0.494 e. The van der Waals surface area contributed by atoms with Gasteiger partial charge < -0.3 is 9.15 Å². The third kappa shape index (κ3) is 5.99. The summed E-state index contributed by atoms with van der Waals surface area (Å²) >= 11 is 1.26. The molecule has 1 N–H and O–H groups in total. The maximum Gasteiger partial charge on any atom is 0.250 e. The normalized spacial score (nSPS) is 11.3. The molecule has 9 nitrogen and oxygen atoms in total. The lowest BCUT2D eigenvalue weighted by Crippen LogP contribution is -2.19. The summed E-state index contributed by atoms with van der Waals surface area (Å²) in [4.78, 5) is 16.5. The Morgan fingerprint density at radius 2 is 2.09 bits per heavy atom. The molecule has 0 aliphatic heterocycles. The number of pyridine rings is 1. The fourth-order valence-electron chi connectivity index (χ4n) is 2.97. The third-order valence-corrected chi connectivity index (χ3v) is 5.37. The van der Waals surface area contributed by atoms with E-state index in [1.165, 1.54) is 18.0 Å². The molecule has 0 spiro atoms. The first-order valence-electron chi connectivity index (χ1n) is 10.5. The van der Waals surface area contributed by atoms with Crippen LogP contribution in [-0.2, 0) is 4.79 Å². The van der Waals surface area contributed by atoms with E-state index < -0.39 is 0 Å². The van der Waals surface area contributed by atoms with Gasteiger partial charge in [-0.2, -0.15) is 5.10 Å². The number of allylic oxidation sites excluding steroid dienone is 1. The first kappa shape index (κ1) is 23.0. The average Bonchev–Trinajstić information content (AvgIpc) is 3.54. The molecule has 34 heavy (non-hydrogen) atoms. The summed E-state index contributed by atoms with van der Waals surface area (Å²) in [5, 5.41) is 13.1. The fourth-order valence-corrected chi connectivity index (χ4v) is 3.72. The van der Waals surface area contributed by atoms with Crippen LogP contribution in [-0.4, -0.2) is 44.2 Å². The Morgan fingerprint density at radius 3 is 2.82 bits per heavy atom. The Bertz CT molecular complexity index is 1250. The van der Waals surface area contributed by atoms with Crippen molar-refractivity contribution in [2.45, 2.75) is 12.1 Å². The molecule has 0 unspecified atom stereocenters. The summed E-state index contributed by atoms with van der Waals surface area (Å²) in [7, 11) is 0. The lowest BCUT2D eigenvalue weighted by atomic mass is 10.2. The molecule has 0 saturated carbocycles. The predicted octanol–water partition coefficient (Wildman–Crippen LogP) is 4.23. The van der Waals surface area contributed by atoms with Crippen LogP contribution in [0.5, 0.6) is 5.75 Å². The summed E-state index contributed by atoms with van der Waals surface area (Å²) in [6, 6.07) is 15.0. The number of aromatic nitrogens is 4. The monoisotopic (exact) mass is 474 g/mol. The van der Waals surface area contributed by atoms with Crippen LogP contribution in [0, 0.1) is 0 Å². The Balaban J connectivity index is 1.46. The molecule has 0 atom stereocenters. The fraction of sp³-hybridized carbons (Fsp3) is 0.125. The van der Waals surface area contributed by atoms with E-state index in [1.807, 2.05) is 54.0 Å². The highest BCUT2D eigenvalue weighted by Crippen LogP contribution is 2.28. The molecule has 0 saturated heterocycles. The molecule has 0 aliphatic carbocycles. The minimum absolute atomic E-state index is 0.113. The molecule has 3 heterocycles. The van der Waals surface area contributed by atoms with Crippen LogP contribution in [0.4, 0.5) is 0 Å². The van der Waals surface area contributed by atoms with Crippen LogP contribution in [0.2, 0.25) is 0 Å². The predicted molar refractivity (Wildman–Crippen MR) is 131 cm³/mol. The van der Waals surface area contributed by atoms with Gasteiger partial charge in [0.15, 0.2) is 11.0 Å². The van der Waals surface area contributed by atoms with Crippen molar-refractivity contribution < 1.29 is 13.9 Å². The molecule has 0 radical (unpaired) electrons. The molecule has 0 fully saturated rings. The molecule has 3 aromatic heterocycles. The van der Waals surface area contributed by atoms with Crippen LogP contribution in [0.15, 0.2) is 87.9 Å². The SMILES string of the molecule is CCOc1ccc(-n2c(SCC(=O)NN=CC=Cc3ccco3)nnc2-c2cccnc2)cc1. The van der Waals surface area contributed by atoms with Gasteiger partial charge in [0.05, 0.1) is 18.6 Å². The van der Waals surface area contributed by atoms with Gasteiger partial charge in [-0.15, -0.1) is 10.2 Å². The van der Waals surface area contributed by atoms with Crippen LogP contribution in [0.1, 0.15) is 12.7 Å². The van der Waals surface area contributed by atoms with Crippen molar-refractivity contribution in [1.82, 2.24) is 25.2 Å². The van der Waals surface area contributed by atoms with E-state index in [9.17, 15) is 4.79 Å². The molecular formula is C24H22N6O3S. The zero-order chi connectivity index (χ0) is 23.6. The van der Waals surface area contributed by atoms with Gasteiger partial charge in [0, 0.05) is 29.9 Å². The van der Waals surface area contributed by atoms with E-state index in [-0.39, 0.29) is 11.7 Å². The molecule has 4 rings (SSSR count). The van der Waals surface area contributed by atoms with E-state index >= 15 is 0 Å². The number of nitrogens with one attached hydrogen (secondary N) is 1. The van der Waals surface area contributed by atoms with Gasteiger partial charge in [0.1, 0.15) is 11.5 Å². The minimum atomic E-state index is -0.267. The molecule has 1 amide bonds. The van der Waals surface area contributed by atoms with Crippen molar-refractivity contribution in [2.75, 3.05) is 12.4 Å². The summed E-state index contributed by atoms with van der Waals surface area (Å²) in [5.41, 5.74) is 4.15.